The van der Waals surface area contributed by atoms with Crippen LogP contribution in [-0.2, 0) is 10.2 Å². The SMILES string of the molecule is CCCN(CCC)S(=O)(=O)Nc1ccc(C)c(N)c1. The number of hydrogen-bond acceptors (Lipinski definition) is 3. The molecule has 0 unspecified atom stereocenters. The highest BCUT2D eigenvalue weighted by molar-refractivity contribution is 7.90. The highest BCUT2D eigenvalue weighted by Gasteiger charge is 2.20. The van der Waals surface area contributed by atoms with Crippen molar-refractivity contribution < 1.29 is 8.42 Å². The Balaban J connectivity index is 2.90. The Kier molecular flexibility index (Phi) is 5.62. The van der Waals surface area contributed by atoms with Crippen molar-refractivity contribution in [1.29, 1.82) is 0 Å². The van der Waals surface area contributed by atoms with Crippen LogP contribution >= 0.6 is 0 Å². The van der Waals surface area contributed by atoms with Gasteiger partial charge in [0.25, 0.3) is 0 Å². The van der Waals surface area contributed by atoms with Gasteiger partial charge < -0.3 is 5.73 Å². The highest BCUT2D eigenvalue weighted by atomic mass is 32.2. The fourth-order valence-electron chi connectivity index (χ4n) is 1.77. The number of hydrogen-bond donors (Lipinski definition) is 2. The minimum atomic E-state index is -3.50. The molecular formula is C13H23N3O2S. The van der Waals surface area contributed by atoms with Crippen LogP contribution in [0.3, 0.4) is 0 Å². The molecule has 0 saturated heterocycles. The zero-order valence-corrected chi connectivity index (χ0v) is 12.6. The number of nitrogens with one attached hydrogen (secondary N) is 1. The maximum atomic E-state index is 12.3. The smallest absolute Gasteiger partial charge is 0.301 e. The summed E-state index contributed by atoms with van der Waals surface area (Å²) in [6, 6.07) is 5.17. The van der Waals surface area contributed by atoms with Gasteiger partial charge in [-0.15, -0.1) is 0 Å². The summed E-state index contributed by atoms with van der Waals surface area (Å²) in [6.07, 6.45) is 1.58. The molecule has 0 aliphatic rings. The summed E-state index contributed by atoms with van der Waals surface area (Å²) in [5.74, 6) is 0. The molecule has 0 aliphatic carbocycles. The molecule has 0 aliphatic heterocycles. The molecule has 0 saturated carbocycles. The van der Waals surface area contributed by atoms with Crippen molar-refractivity contribution in [1.82, 2.24) is 4.31 Å². The van der Waals surface area contributed by atoms with Crippen molar-refractivity contribution >= 4 is 21.6 Å². The zero-order valence-electron chi connectivity index (χ0n) is 11.8. The first-order valence-corrected chi connectivity index (χ1v) is 7.98. The summed E-state index contributed by atoms with van der Waals surface area (Å²) in [5, 5.41) is 0. The van der Waals surface area contributed by atoms with E-state index in [2.05, 4.69) is 4.72 Å². The minimum absolute atomic E-state index is 0.500. The number of nitrogens with two attached hydrogens (primary N) is 1. The summed E-state index contributed by atoms with van der Waals surface area (Å²) in [7, 11) is -3.50. The standard InChI is InChI=1S/C13H23N3O2S/c1-4-8-16(9-5-2)19(17,18)15-12-7-6-11(3)13(14)10-12/h6-7,10,15H,4-5,8-9,14H2,1-3H3. The lowest BCUT2D eigenvalue weighted by Crippen LogP contribution is -2.37. The maximum Gasteiger partial charge on any atom is 0.301 e. The van der Waals surface area contributed by atoms with E-state index in [9.17, 15) is 8.42 Å². The molecule has 19 heavy (non-hydrogen) atoms. The lowest BCUT2D eigenvalue weighted by molar-refractivity contribution is 0.413. The summed E-state index contributed by atoms with van der Waals surface area (Å²) < 4.78 is 28.5. The molecule has 6 heteroatoms. The predicted molar refractivity (Wildman–Crippen MR) is 80.3 cm³/mol. The molecule has 1 rings (SSSR count). The summed E-state index contributed by atoms with van der Waals surface area (Å²) in [5.41, 5.74) is 7.80. The van der Waals surface area contributed by atoms with Gasteiger partial charge in [0.05, 0.1) is 5.69 Å². The van der Waals surface area contributed by atoms with Crippen molar-refractivity contribution in [2.45, 2.75) is 33.6 Å². The normalized spacial score (nSPS) is 11.8. The number of benzene rings is 1. The minimum Gasteiger partial charge on any atom is -0.398 e. The lowest BCUT2D eigenvalue weighted by atomic mass is 10.2. The topological polar surface area (TPSA) is 75.4 Å². The molecule has 5 nitrogen and oxygen atoms in total. The van der Waals surface area contributed by atoms with Crippen LogP contribution < -0.4 is 10.5 Å². The van der Waals surface area contributed by atoms with Crippen LogP contribution in [0.1, 0.15) is 32.3 Å². The predicted octanol–water partition coefficient (Wildman–Crippen LogP) is 2.36. The molecule has 0 spiro atoms. The summed E-state index contributed by atoms with van der Waals surface area (Å²) >= 11 is 0. The summed E-state index contributed by atoms with van der Waals surface area (Å²) in [6.45, 7) is 6.84. The number of rotatable bonds is 7. The second kappa shape index (κ2) is 6.77. The quantitative estimate of drug-likeness (QED) is 0.755. The Hall–Kier alpha value is -1.27. The number of nitrogens with zero attached hydrogens (tertiary/aromatic N) is 1. The van der Waals surface area contributed by atoms with Crippen LogP contribution in [0, 0.1) is 6.92 Å². The third-order valence-electron chi connectivity index (χ3n) is 2.81. The molecule has 0 aromatic heterocycles. The van der Waals surface area contributed by atoms with E-state index in [-0.39, 0.29) is 0 Å². The second-order valence-electron chi connectivity index (χ2n) is 4.58. The van der Waals surface area contributed by atoms with Gasteiger partial charge in [0, 0.05) is 18.8 Å². The lowest BCUT2D eigenvalue weighted by Gasteiger charge is -2.22. The summed E-state index contributed by atoms with van der Waals surface area (Å²) in [4.78, 5) is 0. The monoisotopic (exact) mass is 285 g/mol. The average molecular weight is 285 g/mol. The van der Waals surface area contributed by atoms with E-state index >= 15 is 0 Å². The van der Waals surface area contributed by atoms with Gasteiger partial charge in [-0.3, -0.25) is 4.72 Å². The average Bonchev–Trinajstić information content (AvgIpc) is 2.33. The van der Waals surface area contributed by atoms with E-state index in [1.807, 2.05) is 20.8 Å². The molecule has 1 aromatic carbocycles. The van der Waals surface area contributed by atoms with Crippen LogP contribution in [0.25, 0.3) is 0 Å². The molecule has 0 fully saturated rings. The fraction of sp³-hybridized carbons (Fsp3) is 0.538. The Morgan fingerprint density at radius 1 is 1.21 bits per heavy atom. The Bertz CT molecular complexity index is 509. The largest absolute Gasteiger partial charge is 0.398 e. The molecule has 0 atom stereocenters. The van der Waals surface area contributed by atoms with Crippen molar-refractivity contribution in [3.05, 3.63) is 23.8 Å². The van der Waals surface area contributed by atoms with Crippen LogP contribution in [-0.4, -0.2) is 25.8 Å². The number of nitrogen functional groups attached to an aromatic ring is 1. The van der Waals surface area contributed by atoms with E-state index in [0.29, 0.717) is 24.5 Å². The van der Waals surface area contributed by atoms with E-state index in [4.69, 9.17) is 5.73 Å². The molecule has 108 valence electrons. The number of anilines is 2. The molecule has 0 amide bonds. The second-order valence-corrected chi connectivity index (χ2v) is 6.25. The van der Waals surface area contributed by atoms with Crippen molar-refractivity contribution in [2.75, 3.05) is 23.5 Å². The first-order valence-electron chi connectivity index (χ1n) is 6.54. The van der Waals surface area contributed by atoms with Crippen molar-refractivity contribution in [3.8, 4) is 0 Å². The molecule has 0 bridgehead atoms. The molecular weight excluding hydrogens is 262 g/mol. The Morgan fingerprint density at radius 3 is 2.26 bits per heavy atom. The first-order chi connectivity index (χ1) is 8.90. The maximum absolute atomic E-state index is 12.3. The van der Waals surface area contributed by atoms with Crippen LogP contribution in [0.15, 0.2) is 18.2 Å². The van der Waals surface area contributed by atoms with Crippen molar-refractivity contribution in [2.24, 2.45) is 0 Å². The van der Waals surface area contributed by atoms with E-state index in [0.717, 1.165) is 18.4 Å². The Morgan fingerprint density at radius 2 is 1.79 bits per heavy atom. The van der Waals surface area contributed by atoms with E-state index in [1.165, 1.54) is 4.31 Å². The van der Waals surface area contributed by atoms with Gasteiger partial charge >= 0.3 is 10.2 Å². The highest BCUT2D eigenvalue weighted by Crippen LogP contribution is 2.19. The van der Waals surface area contributed by atoms with Gasteiger partial charge in [-0.25, -0.2) is 0 Å². The van der Waals surface area contributed by atoms with Gasteiger partial charge in [-0.1, -0.05) is 19.9 Å². The van der Waals surface area contributed by atoms with Crippen molar-refractivity contribution in [3.63, 3.8) is 0 Å². The van der Waals surface area contributed by atoms with Crippen LogP contribution in [0.4, 0.5) is 11.4 Å². The molecule has 3 N–H and O–H groups in total. The third-order valence-corrected chi connectivity index (χ3v) is 4.35. The van der Waals surface area contributed by atoms with Gasteiger partial charge in [0.2, 0.25) is 0 Å². The zero-order chi connectivity index (χ0) is 14.5. The number of aryl methyl sites for hydroxylation is 1. The first kappa shape index (κ1) is 15.8. The molecule has 0 radical (unpaired) electrons. The fourth-order valence-corrected chi connectivity index (χ4v) is 3.17. The van der Waals surface area contributed by atoms with Gasteiger partial charge in [0.15, 0.2) is 0 Å². The van der Waals surface area contributed by atoms with E-state index < -0.39 is 10.2 Å². The molecule has 1 aromatic rings. The van der Waals surface area contributed by atoms with Gasteiger partial charge in [-0.2, -0.15) is 12.7 Å². The third kappa shape index (κ3) is 4.40. The Labute approximate surface area is 116 Å². The van der Waals surface area contributed by atoms with Crippen LogP contribution in [0.2, 0.25) is 0 Å². The van der Waals surface area contributed by atoms with Gasteiger partial charge in [0.1, 0.15) is 0 Å². The van der Waals surface area contributed by atoms with Gasteiger partial charge in [-0.05, 0) is 37.5 Å². The van der Waals surface area contributed by atoms with Crippen LogP contribution in [0.5, 0.6) is 0 Å². The van der Waals surface area contributed by atoms with E-state index in [1.54, 1.807) is 18.2 Å². The molecule has 0 heterocycles.